The predicted octanol–water partition coefficient (Wildman–Crippen LogP) is 0.293. The normalized spacial score (nSPS) is 13.1. The fraction of sp³-hybridized carbons (Fsp3) is 0.846. The number of aliphatic hydroxyl groups is 2. The number of hydrogen-bond acceptors (Lipinski definition) is 4. The van der Waals surface area contributed by atoms with Gasteiger partial charge < -0.3 is 21.7 Å². The van der Waals surface area contributed by atoms with Crippen molar-refractivity contribution in [3.05, 3.63) is 0 Å². The summed E-state index contributed by atoms with van der Waals surface area (Å²) in [5.74, 6) is -0.598. The summed E-state index contributed by atoms with van der Waals surface area (Å²) in [7, 11) is 0. The summed E-state index contributed by atoms with van der Waals surface area (Å²) in [4.78, 5) is 20.7. The molecule has 0 bridgehead atoms. The van der Waals surface area contributed by atoms with E-state index in [9.17, 15) is 9.59 Å². The SMILES string of the molecule is CC(O)CCCC(N)=O.CCC(CCCO)C(N)=O. The van der Waals surface area contributed by atoms with Gasteiger partial charge in [0.1, 0.15) is 0 Å². The van der Waals surface area contributed by atoms with Crippen molar-refractivity contribution in [3.63, 3.8) is 0 Å². The van der Waals surface area contributed by atoms with Gasteiger partial charge in [0.2, 0.25) is 11.8 Å². The van der Waals surface area contributed by atoms with E-state index >= 15 is 0 Å². The lowest BCUT2D eigenvalue weighted by Gasteiger charge is -2.07. The average Bonchev–Trinajstić information content (AvgIpc) is 2.29. The molecule has 6 N–H and O–H groups in total. The summed E-state index contributed by atoms with van der Waals surface area (Å²) in [6.45, 7) is 3.76. The molecule has 0 radical (unpaired) electrons. The summed E-state index contributed by atoms with van der Waals surface area (Å²) in [6.07, 6.45) is 3.56. The van der Waals surface area contributed by atoms with Crippen LogP contribution >= 0.6 is 0 Å². The molecule has 6 heteroatoms. The zero-order valence-electron chi connectivity index (χ0n) is 12.0. The Hall–Kier alpha value is -1.14. The van der Waals surface area contributed by atoms with Gasteiger partial charge >= 0.3 is 0 Å². The highest BCUT2D eigenvalue weighted by Crippen LogP contribution is 2.08. The Morgan fingerprint density at radius 3 is 2.05 bits per heavy atom. The second-order valence-electron chi connectivity index (χ2n) is 4.58. The first-order valence-corrected chi connectivity index (χ1v) is 6.71. The van der Waals surface area contributed by atoms with Gasteiger partial charge in [0.15, 0.2) is 0 Å². The van der Waals surface area contributed by atoms with Crippen LogP contribution in [0.15, 0.2) is 0 Å². The summed E-state index contributed by atoms with van der Waals surface area (Å²) in [5, 5.41) is 17.2. The van der Waals surface area contributed by atoms with Crippen molar-refractivity contribution in [2.75, 3.05) is 6.61 Å². The molecule has 0 aliphatic heterocycles. The first-order valence-electron chi connectivity index (χ1n) is 6.71. The van der Waals surface area contributed by atoms with Crippen molar-refractivity contribution in [3.8, 4) is 0 Å². The molecule has 2 atom stereocenters. The molecule has 0 saturated heterocycles. The van der Waals surface area contributed by atoms with E-state index in [0.29, 0.717) is 32.1 Å². The highest BCUT2D eigenvalue weighted by Gasteiger charge is 2.10. The number of hydrogen-bond donors (Lipinski definition) is 4. The molecule has 0 rings (SSSR count). The molecule has 6 nitrogen and oxygen atoms in total. The lowest BCUT2D eigenvalue weighted by Crippen LogP contribution is -2.22. The molecule has 0 aromatic carbocycles. The minimum atomic E-state index is -0.315. The van der Waals surface area contributed by atoms with Crippen LogP contribution in [0.3, 0.4) is 0 Å². The number of aliphatic hydroxyl groups excluding tert-OH is 2. The fourth-order valence-corrected chi connectivity index (χ4v) is 1.46. The number of carbonyl (C=O) groups is 2. The van der Waals surface area contributed by atoms with Crippen molar-refractivity contribution in [1.29, 1.82) is 0 Å². The van der Waals surface area contributed by atoms with E-state index < -0.39 is 0 Å². The molecule has 0 saturated carbocycles. The lowest BCUT2D eigenvalue weighted by molar-refractivity contribution is -0.122. The van der Waals surface area contributed by atoms with Gasteiger partial charge in [0.05, 0.1) is 6.10 Å². The van der Waals surface area contributed by atoms with Gasteiger partial charge in [0, 0.05) is 18.9 Å². The number of primary amides is 2. The molecule has 0 spiro atoms. The molecule has 0 aliphatic carbocycles. The maximum Gasteiger partial charge on any atom is 0.220 e. The third-order valence-corrected chi connectivity index (χ3v) is 2.65. The number of carbonyl (C=O) groups excluding carboxylic acids is 2. The smallest absolute Gasteiger partial charge is 0.220 e. The summed E-state index contributed by atoms with van der Waals surface area (Å²) in [5.41, 5.74) is 9.93. The molecule has 0 fully saturated rings. The van der Waals surface area contributed by atoms with E-state index in [0.717, 1.165) is 6.42 Å². The molecular weight excluding hydrogens is 248 g/mol. The average molecular weight is 276 g/mol. The maximum atomic E-state index is 10.6. The first kappa shape index (κ1) is 20.2. The van der Waals surface area contributed by atoms with Crippen LogP contribution in [-0.2, 0) is 9.59 Å². The Kier molecular flexibility index (Phi) is 14.1. The Morgan fingerprint density at radius 2 is 1.74 bits per heavy atom. The zero-order valence-corrected chi connectivity index (χ0v) is 12.0. The zero-order chi connectivity index (χ0) is 15.3. The van der Waals surface area contributed by atoms with Crippen LogP contribution in [0, 0.1) is 5.92 Å². The Morgan fingerprint density at radius 1 is 1.16 bits per heavy atom. The largest absolute Gasteiger partial charge is 0.396 e. The minimum Gasteiger partial charge on any atom is -0.396 e. The highest BCUT2D eigenvalue weighted by molar-refractivity contribution is 5.76. The van der Waals surface area contributed by atoms with Crippen LogP contribution in [0.25, 0.3) is 0 Å². The molecule has 2 amide bonds. The molecule has 0 aromatic rings. The monoisotopic (exact) mass is 276 g/mol. The second-order valence-corrected chi connectivity index (χ2v) is 4.58. The molecular formula is C13H28N2O4. The van der Waals surface area contributed by atoms with Gasteiger partial charge in [0.25, 0.3) is 0 Å². The summed E-state index contributed by atoms with van der Waals surface area (Å²) < 4.78 is 0. The number of amides is 2. The van der Waals surface area contributed by atoms with Gasteiger partial charge in [-0.25, -0.2) is 0 Å². The van der Waals surface area contributed by atoms with Gasteiger partial charge in [-0.05, 0) is 39.0 Å². The van der Waals surface area contributed by atoms with Crippen LogP contribution in [0.5, 0.6) is 0 Å². The Labute approximate surface area is 115 Å². The highest BCUT2D eigenvalue weighted by atomic mass is 16.3. The van der Waals surface area contributed by atoms with E-state index in [-0.39, 0.29) is 30.4 Å². The molecule has 0 aromatic heterocycles. The van der Waals surface area contributed by atoms with Crippen molar-refractivity contribution >= 4 is 11.8 Å². The van der Waals surface area contributed by atoms with Crippen LogP contribution in [0.4, 0.5) is 0 Å². The van der Waals surface area contributed by atoms with E-state index in [1.165, 1.54) is 0 Å². The van der Waals surface area contributed by atoms with Gasteiger partial charge in [-0.3, -0.25) is 9.59 Å². The topological polar surface area (TPSA) is 127 Å². The van der Waals surface area contributed by atoms with Crippen LogP contribution < -0.4 is 11.5 Å². The predicted molar refractivity (Wildman–Crippen MR) is 74.0 cm³/mol. The third-order valence-electron chi connectivity index (χ3n) is 2.65. The molecule has 19 heavy (non-hydrogen) atoms. The minimum absolute atomic E-state index is 0.0489. The lowest BCUT2D eigenvalue weighted by atomic mass is 10.0. The number of nitrogens with two attached hydrogens (primary N) is 2. The van der Waals surface area contributed by atoms with E-state index in [2.05, 4.69) is 0 Å². The quantitative estimate of drug-likeness (QED) is 0.483. The Balaban J connectivity index is 0. The Bertz CT molecular complexity index is 245. The maximum absolute atomic E-state index is 10.6. The van der Waals surface area contributed by atoms with Crippen LogP contribution in [0.2, 0.25) is 0 Å². The van der Waals surface area contributed by atoms with Gasteiger partial charge in [-0.1, -0.05) is 6.92 Å². The van der Waals surface area contributed by atoms with Crippen molar-refractivity contribution in [2.24, 2.45) is 17.4 Å². The standard InChI is InChI=1S/C7H15NO2.C6H13NO2/c1-2-6(7(8)10)4-3-5-9;1-5(8)3-2-4-6(7)9/h6,9H,2-5H2,1H3,(H2,8,10);5,8H,2-4H2,1H3,(H2,7,9). The molecule has 2 unspecified atom stereocenters. The van der Waals surface area contributed by atoms with E-state index in [1.54, 1.807) is 6.92 Å². The van der Waals surface area contributed by atoms with Crippen LogP contribution in [0.1, 0.15) is 52.4 Å². The second kappa shape index (κ2) is 13.3. The van der Waals surface area contributed by atoms with Crippen molar-refractivity contribution in [2.45, 2.75) is 58.5 Å². The van der Waals surface area contributed by atoms with Crippen LogP contribution in [-0.4, -0.2) is 34.7 Å². The molecule has 114 valence electrons. The van der Waals surface area contributed by atoms with E-state index in [1.807, 2.05) is 6.92 Å². The molecule has 0 heterocycles. The van der Waals surface area contributed by atoms with E-state index in [4.69, 9.17) is 21.7 Å². The summed E-state index contributed by atoms with van der Waals surface area (Å²) >= 11 is 0. The molecule has 0 aliphatic rings. The summed E-state index contributed by atoms with van der Waals surface area (Å²) in [6, 6.07) is 0. The van der Waals surface area contributed by atoms with Crippen molar-refractivity contribution < 1.29 is 19.8 Å². The third kappa shape index (κ3) is 16.9. The van der Waals surface area contributed by atoms with Crippen molar-refractivity contribution in [1.82, 2.24) is 0 Å². The fourth-order valence-electron chi connectivity index (χ4n) is 1.46. The van der Waals surface area contributed by atoms with Gasteiger partial charge in [-0.15, -0.1) is 0 Å². The first-order chi connectivity index (χ1) is 8.84. The van der Waals surface area contributed by atoms with Gasteiger partial charge in [-0.2, -0.15) is 0 Å². The number of rotatable bonds is 9.